The molecule has 2 aromatic carbocycles. The van der Waals surface area contributed by atoms with Crippen LogP contribution >= 0.6 is 0 Å². The number of para-hydroxylation sites is 1. The van der Waals surface area contributed by atoms with Gasteiger partial charge in [-0.15, -0.1) is 0 Å². The van der Waals surface area contributed by atoms with Crippen molar-refractivity contribution in [3.05, 3.63) is 72.0 Å². The summed E-state index contributed by atoms with van der Waals surface area (Å²) in [5.74, 6) is 0.536. The lowest BCUT2D eigenvalue weighted by Crippen LogP contribution is -2.28. The van der Waals surface area contributed by atoms with Gasteiger partial charge < -0.3 is 9.73 Å². The van der Waals surface area contributed by atoms with Gasteiger partial charge in [-0.05, 0) is 31.0 Å². The van der Waals surface area contributed by atoms with Crippen molar-refractivity contribution in [3.8, 4) is 0 Å². The van der Waals surface area contributed by atoms with Crippen molar-refractivity contribution < 1.29 is 4.42 Å². The topological polar surface area (TPSA) is 25.2 Å². The molecule has 1 aliphatic heterocycles. The monoisotopic (exact) mass is 277 g/mol. The van der Waals surface area contributed by atoms with E-state index in [1.807, 2.05) is 18.4 Å². The molecule has 2 unspecified atom stereocenters. The average Bonchev–Trinajstić information content (AvgIpc) is 3.14. The lowest BCUT2D eigenvalue weighted by Gasteiger charge is -2.19. The molecule has 0 bridgehead atoms. The summed E-state index contributed by atoms with van der Waals surface area (Å²) in [4.78, 5) is 0. The Morgan fingerprint density at radius 2 is 1.81 bits per heavy atom. The summed E-state index contributed by atoms with van der Waals surface area (Å²) in [6.07, 6.45) is 4.21. The third-order valence-corrected chi connectivity index (χ3v) is 4.56. The van der Waals surface area contributed by atoms with Crippen molar-refractivity contribution in [2.75, 3.05) is 6.54 Å². The number of hydrogen-bond donors (Lipinski definition) is 1. The zero-order chi connectivity index (χ0) is 14.1. The normalized spacial score (nSPS) is 21.9. The minimum absolute atomic E-state index is 0.494. The van der Waals surface area contributed by atoms with E-state index in [9.17, 15) is 0 Å². The SMILES string of the molecule is c1ccc(CC2NCCC2c2coc3ccccc23)cc1. The summed E-state index contributed by atoms with van der Waals surface area (Å²) in [6.45, 7) is 1.08. The molecule has 2 atom stereocenters. The second-order valence-corrected chi connectivity index (χ2v) is 5.83. The van der Waals surface area contributed by atoms with Gasteiger partial charge in [-0.3, -0.25) is 0 Å². The van der Waals surface area contributed by atoms with Crippen LogP contribution in [-0.4, -0.2) is 12.6 Å². The van der Waals surface area contributed by atoms with E-state index >= 15 is 0 Å². The molecule has 1 N–H and O–H groups in total. The summed E-state index contributed by atoms with van der Waals surface area (Å²) in [5, 5.41) is 4.93. The van der Waals surface area contributed by atoms with Gasteiger partial charge >= 0.3 is 0 Å². The third-order valence-electron chi connectivity index (χ3n) is 4.56. The van der Waals surface area contributed by atoms with E-state index in [4.69, 9.17) is 4.42 Å². The van der Waals surface area contributed by atoms with E-state index in [1.165, 1.54) is 22.9 Å². The predicted octanol–water partition coefficient (Wildman–Crippen LogP) is 4.12. The summed E-state index contributed by atoms with van der Waals surface area (Å²) >= 11 is 0. The van der Waals surface area contributed by atoms with Gasteiger partial charge in [0.15, 0.2) is 0 Å². The largest absolute Gasteiger partial charge is 0.464 e. The van der Waals surface area contributed by atoms with Crippen LogP contribution in [0.3, 0.4) is 0 Å². The Morgan fingerprint density at radius 3 is 2.71 bits per heavy atom. The van der Waals surface area contributed by atoms with E-state index in [-0.39, 0.29) is 0 Å². The van der Waals surface area contributed by atoms with Crippen LogP contribution in [0.5, 0.6) is 0 Å². The molecular weight excluding hydrogens is 258 g/mol. The van der Waals surface area contributed by atoms with E-state index in [1.54, 1.807) is 0 Å². The molecule has 0 aliphatic carbocycles. The van der Waals surface area contributed by atoms with Gasteiger partial charge in [0.1, 0.15) is 5.58 Å². The Hall–Kier alpha value is -2.06. The number of benzene rings is 2. The lowest BCUT2D eigenvalue weighted by molar-refractivity contribution is 0.534. The predicted molar refractivity (Wildman–Crippen MR) is 85.5 cm³/mol. The quantitative estimate of drug-likeness (QED) is 0.779. The molecule has 1 fully saturated rings. The highest BCUT2D eigenvalue weighted by molar-refractivity contribution is 5.81. The summed E-state index contributed by atoms with van der Waals surface area (Å²) in [5.41, 5.74) is 3.75. The minimum Gasteiger partial charge on any atom is -0.464 e. The fourth-order valence-corrected chi connectivity index (χ4v) is 3.51. The number of furan rings is 1. The van der Waals surface area contributed by atoms with Gasteiger partial charge in [0.25, 0.3) is 0 Å². The summed E-state index contributed by atoms with van der Waals surface area (Å²) < 4.78 is 5.73. The maximum atomic E-state index is 5.73. The lowest BCUT2D eigenvalue weighted by atomic mass is 9.88. The Kier molecular flexibility index (Phi) is 3.24. The standard InChI is InChI=1S/C19H19NO/c1-2-6-14(7-3-1)12-18-15(10-11-20-18)17-13-21-19-9-5-4-8-16(17)19/h1-9,13,15,18,20H,10-12H2. The van der Waals surface area contributed by atoms with Crippen LogP contribution in [0.1, 0.15) is 23.5 Å². The molecular formula is C19H19NO. The molecule has 106 valence electrons. The maximum absolute atomic E-state index is 5.73. The molecule has 0 amide bonds. The molecule has 1 saturated heterocycles. The zero-order valence-corrected chi connectivity index (χ0v) is 12.0. The average molecular weight is 277 g/mol. The molecule has 4 rings (SSSR count). The molecule has 21 heavy (non-hydrogen) atoms. The highest BCUT2D eigenvalue weighted by atomic mass is 16.3. The molecule has 0 spiro atoms. The van der Waals surface area contributed by atoms with Crippen LogP contribution in [0.4, 0.5) is 0 Å². The van der Waals surface area contributed by atoms with Gasteiger partial charge in [0.2, 0.25) is 0 Å². The first-order chi connectivity index (χ1) is 10.4. The number of nitrogens with one attached hydrogen (secondary N) is 1. The molecule has 0 saturated carbocycles. The van der Waals surface area contributed by atoms with Crippen molar-refractivity contribution in [3.63, 3.8) is 0 Å². The molecule has 2 nitrogen and oxygen atoms in total. The molecule has 2 heteroatoms. The first-order valence-corrected chi connectivity index (χ1v) is 7.65. The Morgan fingerprint density at radius 1 is 1.00 bits per heavy atom. The third kappa shape index (κ3) is 2.36. The first-order valence-electron chi connectivity index (χ1n) is 7.65. The van der Waals surface area contributed by atoms with Gasteiger partial charge in [-0.25, -0.2) is 0 Å². The molecule has 1 aliphatic rings. The van der Waals surface area contributed by atoms with E-state index in [0.717, 1.165) is 18.5 Å². The maximum Gasteiger partial charge on any atom is 0.134 e. The summed E-state index contributed by atoms with van der Waals surface area (Å²) in [7, 11) is 0. The Balaban J connectivity index is 1.64. The van der Waals surface area contributed by atoms with Crippen molar-refractivity contribution in [1.29, 1.82) is 0 Å². The fourth-order valence-electron chi connectivity index (χ4n) is 3.51. The second-order valence-electron chi connectivity index (χ2n) is 5.83. The molecule has 0 radical (unpaired) electrons. The molecule has 2 heterocycles. The van der Waals surface area contributed by atoms with E-state index in [0.29, 0.717) is 12.0 Å². The van der Waals surface area contributed by atoms with Crippen LogP contribution in [0, 0.1) is 0 Å². The zero-order valence-electron chi connectivity index (χ0n) is 12.0. The van der Waals surface area contributed by atoms with Gasteiger partial charge in [0.05, 0.1) is 6.26 Å². The van der Waals surface area contributed by atoms with Crippen molar-refractivity contribution in [2.45, 2.75) is 24.8 Å². The number of hydrogen-bond acceptors (Lipinski definition) is 2. The Bertz CT molecular complexity index is 731. The highest BCUT2D eigenvalue weighted by Gasteiger charge is 2.30. The van der Waals surface area contributed by atoms with Crippen LogP contribution in [-0.2, 0) is 6.42 Å². The van der Waals surface area contributed by atoms with E-state index < -0.39 is 0 Å². The minimum atomic E-state index is 0.494. The van der Waals surface area contributed by atoms with Crippen LogP contribution in [0.25, 0.3) is 11.0 Å². The van der Waals surface area contributed by atoms with Crippen molar-refractivity contribution in [2.24, 2.45) is 0 Å². The summed E-state index contributed by atoms with van der Waals surface area (Å²) in [6, 6.07) is 19.6. The smallest absolute Gasteiger partial charge is 0.134 e. The highest BCUT2D eigenvalue weighted by Crippen LogP contribution is 2.35. The van der Waals surface area contributed by atoms with Crippen LogP contribution < -0.4 is 5.32 Å². The number of rotatable bonds is 3. The van der Waals surface area contributed by atoms with Gasteiger partial charge in [-0.2, -0.15) is 0 Å². The molecule has 1 aromatic heterocycles. The van der Waals surface area contributed by atoms with Gasteiger partial charge in [-0.1, -0.05) is 48.5 Å². The Labute approximate surface area is 124 Å². The first kappa shape index (κ1) is 12.7. The van der Waals surface area contributed by atoms with Crippen LogP contribution in [0.2, 0.25) is 0 Å². The molecule has 3 aromatic rings. The van der Waals surface area contributed by atoms with E-state index in [2.05, 4.69) is 47.8 Å². The van der Waals surface area contributed by atoms with Crippen LogP contribution in [0.15, 0.2) is 65.3 Å². The number of fused-ring (bicyclic) bond motifs is 1. The van der Waals surface area contributed by atoms with Crippen molar-refractivity contribution in [1.82, 2.24) is 5.32 Å². The van der Waals surface area contributed by atoms with Gasteiger partial charge in [0, 0.05) is 22.9 Å². The van der Waals surface area contributed by atoms with Crippen molar-refractivity contribution >= 4 is 11.0 Å². The fraction of sp³-hybridized carbons (Fsp3) is 0.263. The second kappa shape index (κ2) is 5.38.